The third-order valence-electron chi connectivity index (χ3n) is 5.09. The van der Waals surface area contributed by atoms with Gasteiger partial charge in [0.15, 0.2) is 5.96 Å². The Balaban J connectivity index is 1.63. The van der Waals surface area contributed by atoms with Crippen molar-refractivity contribution < 1.29 is 0 Å². The smallest absolute Gasteiger partial charge is 0.193 e. The Kier molecular flexibility index (Phi) is 5.07. The van der Waals surface area contributed by atoms with E-state index >= 15 is 0 Å². The molecular weight excluding hydrogens is 298 g/mol. The number of aromatic nitrogens is 2. The van der Waals surface area contributed by atoms with Gasteiger partial charge in [0.2, 0.25) is 0 Å². The molecule has 3 rings (SSSR count). The predicted octanol–water partition coefficient (Wildman–Crippen LogP) is 2.96. The number of guanidine groups is 1. The van der Waals surface area contributed by atoms with E-state index in [-0.39, 0.29) is 0 Å². The molecule has 3 heterocycles. The molecule has 1 aliphatic rings. The highest BCUT2D eigenvalue weighted by molar-refractivity contribution is 5.80. The van der Waals surface area contributed by atoms with Gasteiger partial charge in [-0.25, -0.2) is 4.98 Å². The number of aliphatic imine (C=N–C) groups is 1. The fourth-order valence-corrected chi connectivity index (χ4v) is 3.30. The topological polar surface area (TPSA) is 44.9 Å². The average molecular weight is 327 g/mol. The van der Waals surface area contributed by atoms with E-state index in [2.05, 4.69) is 46.6 Å². The molecule has 130 valence electrons. The molecular formula is C19H29N5. The SMILES string of the molecule is CCNC(=NCCc1cn2ccccc2n1)N1CCC(C)(CC)C1. The zero-order valence-electron chi connectivity index (χ0n) is 15.1. The molecule has 0 bridgehead atoms. The molecule has 24 heavy (non-hydrogen) atoms. The van der Waals surface area contributed by atoms with Crippen LogP contribution in [0.25, 0.3) is 5.65 Å². The van der Waals surface area contributed by atoms with Crippen molar-refractivity contribution in [1.29, 1.82) is 0 Å². The van der Waals surface area contributed by atoms with Crippen LogP contribution in [-0.4, -0.2) is 46.4 Å². The summed E-state index contributed by atoms with van der Waals surface area (Å²) in [5.74, 6) is 1.05. The first-order chi connectivity index (χ1) is 11.6. The minimum Gasteiger partial charge on any atom is -0.357 e. The molecule has 2 aromatic rings. The number of pyridine rings is 1. The molecule has 1 atom stereocenters. The molecule has 1 N–H and O–H groups in total. The van der Waals surface area contributed by atoms with Crippen molar-refractivity contribution in [2.24, 2.45) is 10.4 Å². The quantitative estimate of drug-likeness (QED) is 0.678. The second-order valence-electron chi connectivity index (χ2n) is 7.02. The maximum absolute atomic E-state index is 4.84. The number of hydrogen-bond donors (Lipinski definition) is 1. The van der Waals surface area contributed by atoms with Gasteiger partial charge in [0.25, 0.3) is 0 Å². The molecule has 2 aromatic heterocycles. The monoisotopic (exact) mass is 327 g/mol. The Labute approximate surface area is 144 Å². The summed E-state index contributed by atoms with van der Waals surface area (Å²) in [5.41, 5.74) is 2.53. The lowest BCUT2D eigenvalue weighted by Gasteiger charge is -2.25. The normalized spacial score (nSPS) is 21.6. The van der Waals surface area contributed by atoms with E-state index in [0.717, 1.165) is 49.9 Å². The zero-order valence-corrected chi connectivity index (χ0v) is 15.1. The number of hydrogen-bond acceptors (Lipinski definition) is 2. The molecule has 0 radical (unpaired) electrons. The van der Waals surface area contributed by atoms with Gasteiger partial charge in [-0.3, -0.25) is 4.99 Å². The zero-order chi connectivity index (χ0) is 17.0. The van der Waals surface area contributed by atoms with Gasteiger partial charge in [-0.15, -0.1) is 0 Å². The van der Waals surface area contributed by atoms with Crippen LogP contribution in [0.5, 0.6) is 0 Å². The first-order valence-corrected chi connectivity index (χ1v) is 9.09. The molecule has 1 saturated heterocycles. The fraction of sp³-hybridized carbons (Fsp3) is 0.579. The van der Waals surface area contributed by atoms with E-state index in [1.165, 1.54) is 12.8 Å². The maximum atomic E-state index is 4.84. The molecule has 0 aliphatic carbocycles. The summed E-state index contributed by atoms with van der Waals surface area (Å²) in [5, 5.41) is 3.45. The van der Waals surface area contributed by atoms with Crippen LogP contribution in [0.4, 0.5) is 0 Å². The second-order valence-corrected chi connectivity index (χ2v) is 7.02. The molecule has 0 saturated carbocycles. The van der Waals surface area contributed by atoms with E-state index in [0.29, 0.717) is 5.41 Å². The first kappa shape index (κ1) is 16.8. The summed E-state index contributed by atoms with van der Waals surface area (Å²) in [4.78, 5) is 11.9. The molecule has 5 heteroatoms. The Morgan fingerprint density at radius 1 is 1.38 bits per heavy atom. The van der Waals surface area contributed by atoms with Crippen molar-refractivity contribution >= 4 is 11.6 Å². The van der Waals surface area contributed by atoms with Crippen molar-refractivity contribution in [3.05, 3.63) is 36.3 Å². The molecule has 1 aliphatic heterocycles. The van der Waals surface area contributed by atoms with Gasteiger partial charge in [0, 0.05) is 45.0 Å². The van der Waals surface area contributed by atoms with Crippen LogP contribution in [0.15, 0.2) is 35.6 Å². The summed E-state index contributed by atoms with van der Waals surface area (Å²) in [6, 6.07) is 6.08. The summed E-state index contributed by atoms with van der Waals surface area (Å²) in [7, 11) is 0. The van der Waals surface area contributed by atoms with Crippen LogP contribution < -0.4 is 5.32 Å². The molecule has 0 amide bonds. The molecule has 5 nitrogen and oxygen atoms in total. The number of imidazole rings is 1. The molecule has 0 spiro atoms. The highest BCUT2D eigenvalue weighted by Crippen LogP contribution is 2.32. The average Bonchev–Trinajstić information content (AvgIpc) is 3.18. The maximum Gasteiger partial charge on any atom is 0.193 e. The van der Waals surface area contributed by atoms with Crippen molar-refractivity contribution in [2.75, 3.05) is 26.2 Å². The van der Waals surface area contributed by atoms with Gasteiger partial charge in [-0.2, -0.15) is 0 Å². The molecule has 1 unspecified atom stereocenters. The lowest BCUT2D eigenvalue weighted by Crippen LogP contribution is -2.41. The Morgan fingerprint density at radius 2 is 2.25 bits per heavy atom. The van der Waals surface area contributed by atoms with Crippen LogP contribution in [0.2, 0.25) is 0 Å². The van der Waals surface area contributed by atoms with Gasteiger partial charge < -0.3 is 14.6 Å². The second kappa shape index (κ2) is 7.24. The van der Waals surface area contributed by atoms with Gasteiger partial charge >= 0.3 is 0 Å². The Bertz CT molecular complexity index is 672. The third-order valence-corrected chi connectivity index (χ3v) is 5.09. The summed E-state index contributed by atoms with van der Waals surface area (Å²) in [6.07, 6.45) is 7.48. The van der Waals surface area contributed by atoms with Gasteiger partial charge in [-0.1, -0.05) is 19.9 Å². The molecule has 1 fully saturated rings. The number of likely N-dealkylation sites (tertiary alicyclic amines) is 1. The summed E-state index contributed by atoms with van der Waals surface area (Å²) >= 11 is 0. The van der Waals surface area contributed by atoms with Crippen LogP contribution in [0.3, 0.4) is 0 Å². The predicted molar refractivity (Wildman–Crippen MR) is 99.5 cm³/mol. The number of rotatable bonds is 5. The largest absolute Gasteiger partial charge is 0.357 e. The minimum absolute atomic E-state index is 0.428. The minimum atomic E-state index is 0.428. The lowest BCUT2D eigenvalue weighted by molar-refractivity contribution is 0.322. The van der Waals surface area contributed by atoms with Crippen molar-refractivity contribution in [3.63, 3.8) is 0 Å². The number of nitrogens with one attached hydrogen (secondary N) is 1. The Hall–Kier alpha value is -2.04. The first-order valence-electron chi connectivity index (χ1n) is 9.09. The van der Waals surface area contributed by atoms with Crippen molar-refractivity contribution in [2.45, 2.75) is 40.0 Å². The van der Waals surface area contributed by atoms with E-state index < -0.39 is 0 Å². The van der Waals surface area contributed by atoms with Gasteiger partial charge in [-0.05, 0) is 37.3 Å². The highest BCUT2D eigenvalue weighted by atomic mass is 15.3. The van der Waals surface area contributed by atoms with Gasteiger partial charge in [0.1, 0.15) is 5.65 Å². The molecule has 0 aromatic carbocycles. The van der Waals surface area contributed by atoms with E-state index in [1.54, 1.807) is 0 Å². The van der Waals surface area contributed by atoms with Gasteiger partial charge in [0.05, 0.1) is 5.69 Å². The van der Waals surface area contributed by atoms with E-state index in [4.69, 9.17) is 4.99 Å². The van der Waals surface area contributed by atoms with Crippen molar-refractivity contribution in [3.8, 4) is 0 Å². The number of nitrogens with zero attached hydrogens (tertiary/aromatic N) is 4. The van der Waals surface area contributed by atoms with Crippen LogP contribution in [0, 0.1) is 5.41 Å². The van der Waals surface area contributed by atoms with E-state index in [1.807, 2.05) is 24.4 Å². The summed E-state index contributed by atoms with van der Waals surface area (Å²) < 4.78 is 2.07. The van der Waals surface area contributed by atoms with Crippen molar-refractivity contribution in [1.82, 2.24) is 19.6 Å². The standard InChI is InChI=1S/C19H29N5/c1-4-19(3)10-13-24(15-19)18(20-5-2)21-11-9-16-14-23-12-7-6-8-17(23)22-16/h6-8,12,14H,4-5,9-11,13,15H2,1-3H3,(H,20,21). The highest BCUT2D eigenvalue weighted by Gasteiger charge is 2.33. The Morgan fingerprint density at radius 3 is 2.96 bits per heavy atom. The summed E-state index contributed by atoms with van der Waals surface area (Å²) in [6.45, 7) is 10.7. The lowest BCUT2D eigenvalue weighted by atomic mass is 9.87. The fourth-order valence-electron chi connectivity index (χ4n) is 3.30. The third kappa shape index (κ3) is 3.71. The van der Waals surface area contributed by atoms with Crippen LogP contribution in [0.1, 0.15) is 39.3 Å². The van der Waals surface area contributed by atoms with Crippen LogP contribution >= 0.6 is 0 Å². The van der Waals surface area contributed by atoms with E-state index in [9.17, 15) is 0 Å². The van der Waals surface area contributed by atoms with Crippen LogP contribution in [-0.2, 0) is 6.42 Å². The number of fused-ring (bicyclic) bond motifs is 1.